The average Bonchev–Trinajstić information content (AvgIpc) is 3.15. The summed E-state index contributed by atoms with van der Waals surface area (Å²) in [6.45, 7) is 2.67. The lowest BCUT2D eigenvalue weighted by atomic mass is 10.1. The van der Waals surface area contributed by atoms with E-state index in [9.17, 15) is 4.79 Å². The molecule has 8 nitrogen and oxygen atoms in total. The molecular formula is C21H24N6O2. The molecule has 150 valence electrons. The van der Waals surface area contributed by atoms with Crippen LogP contribution in [-0.2, 0) is 13.6 Å². The zero-order chi connectivity index (χ0) is 20.1. The van der Waals surface area contributed by atoms with E-state index in [1.54, 1.807) is 42.5 Å². The Morgan fingerprint density at radius 1 is 1.14 bits per heavy atom. The van der Waals surface area contributed by atoms with Crippen molar-refractivity contribution < 1.29 is 9.53 Å². The van der Waals surface area contributed by atoms with Crippen molar-refractivity contribution in [2.75, 3.05) is 18.4 Å². The van der Waals surface area contributed by atoms with Crippen molar-refractivity contribution in [2.24, 2.45) is 7.05 Å². The van der Waals surface area contributed by atoms with E-state index >= 15 is 0 Å². The van der Waals surface area contributed by atoms with Crippen LogP contribution in [0.15, 0.2) is 55.0 Å². The van der Waals surface area contributed by atoms with E-state index in [0.717, 1.165) is 38.0 Å². The van der Waals surface area contributed by atoms with Gasteiger partial charge in [-0.25, -0.2) is 9.97 Å². The number of rotatable bonds is 6. The van der Waals surface area contributed by atoms with Crippen LogP contribution in [0.25, 0.3) is 0 Å². The lowest BCUT2D eigenvalue weighted by molar-refractivity contribution is 0.0892. The molecule has 0 spiro atoms. The van der Waals surface area contributed by atoms with Gasteiger partial charge in [-0.1, -0.05) is 12.1 Å². The molecule has 4 rings (SSSR count). The Morgan fingerprint density at radius 3 is 2.66 bits per heavy atom. The highest BCUT2D eigenvalue weighted by Crippen LogP contribution is 2.18. The van der Waals surface area contributed by atoms with Crippen LogP contribution >= 0.6 is 0 Å². The molecule has 0 saturated carbocycles. The second kappa shape index (κ2) is 8.83. The van der Waals surface area contributed by atoms with Gasteiger partial charge >= 0.3 is 6.01 Å². The summed E-state index contributed by atoms with van der Waals surface area (Å²) in [5, 5.41) is 6.95. The predicted octanol–water partition coefficient (Wildman–Crippen LogP) is 2.51. The fraction of sp³-hybridized carbons (Fsp3) is 0.333. The van der Waals surface area contributed by atoms with E-state index in [4.69, 9.17) is 4.74 Å². The van der Waals surface area contributed by atoms with Crippen LogP contribution in [0.1, 0.15) is 28.8 Å². The quantitative estimate of drug-likeness (QED) is 0.694. The Hall–Kier alpha value is -3.26. The first-order valence-electron chi connectivity index (χ1n) is 9.72. The van der Waals surface area contributed by atoms with Gasteiger partial charge < -0.3 is 10.1 Å². The third-order valence-electron chi connectivity index (χ3n) is 5.01. The first kappa shape index (κ1) is 19.1. The van der Waals surface area contributed by atoms with E-state index in [-0.39, 0.29) is 12.0 Å². The lowest BCUT2D eigenvalue weighted by Crippen LogP contribution is -2.38. The van der Waals surface area contributed by atoms with Gasteiger partial charge in [0.05, 0.1) is 6.20 Å². The van der Waals surface area contributed by atoms with Gasteiger partial charge in [0.25, 0.3) is 5.91 Å². The van der Waals surface area contributed by atoms with Crippen LogP contribution in [0.5, 0.6) is 6.01 Å². The highest BCUT2D eigenvalue weighted by molar-refractivity contribution is 6.03. The smallest absolute Gasteiger partial charge is 0.316 e. The molecule has 1 amide bonds. The Balaban J connectivity index is 1.30. The highest BCUT2D eigenvalue weighted by atomic mass is 16.5. The van der Waals surface area contributed by atoms with Gasteiger partial charge in [0, 0.05) is 50.7 Å². The van der Waals surface area contributed by atoms with Crippen molar-refractivity contribution in [3.05, 3.63) is 66.1 Å². The van der Waals surface area contributed by atoms with Crippen LogP contribution in [0.3, 0.4) is 0 Å². The molecule has 1 N–H and O–H groups in total. The summed E-state index contributed by atoms with van der Waals surface area (Å²) in [5.74, 6) is 0.537. The molecule has 8 heteroatoms. The largest absolute Gasteiger partial charge is 0.460 e. The molecule has 1 aromatic carbocycles. The lowest BCUT2D eigenvalue weighted by Gasteiger charge is -2.31. The summed E-state index contributed by atoms with van der Waals surface area (Å²) in [7, 11) is 1.79. The highest BCUT2D eigenvalue weighted by Gasteiger charge is 2.21. The third kappa shape index (κ3) is 4.97. The molecule has 3 aromatic rings. The maximum atomic E-state index is 12.5. The van der Waals surface area contributed by atoms with Crippen LogP contribution in [-0.4, -0.2) is 49.7 Å². The second-order valence-corrected chi connectivity index (χ2v) is 7.12. The van der Waals surface area contributed by atoms with Crippen molar-refractivity contribution in [2.45, 2.75) is 25.5 Å². The number of carbonyl (C=O) groups is 1. The Kier molecular flexibility index (Phi) is 5.81. The number of ether oxygens (including phenoxy) is 1. The number of hydrogen-bond donors (Lipinski definition) is 1. The van der Waals surface area contributed by atoms with E-state index < -0.39 is 0 Å². The average molecular weight is 392 g/mol. The minimum atomic E-state index is -0.134. The van der Waals surface area contributed by atoms with Gasteiger partial charge in [0.15, 0.2) is 0 Å². The van der Waals surface area contributed by atoms with Crippen LogP contribution in [0.2, 0.25) is 0 Å². The van der Waals surface area contributed by atoms with Crippen LogP contribution in [0, 0.1) is 0 Å². The molecule has 1 aliphatic rings. The summed E-state index contributed by atoms with van der Waals surface area (Å²) < 4.78 is 7.49. The number of nitrogens with one attached hydrogen (secondary N) is 1. The van der Waals surface area contributed by atoms with Crippen LogP contribution in [0.4, 0.5) is 5.82 Å². The first-order valence-corrected chi connectivity index (χ1v) is 9.72. The van der Waals surface area contributed by atoms with E-state index in [0.29, 0.717) is 17.4 Å². The summed E-state index contributed by atoms with van der Waals surface area (Å²) in [6, 6.07) is 11.8. The van der Waals surface area contributed by atoms with E-state index in [1.807, 2.05) is 18.2 Å². The minimum absolute atomic E-state index is 0.134. The van der Waals surface area contributed by atoms with Gasteiger partial charge in [-0.05, 0) is 36.6 Å². The number of carbonyl (C=O) groups excluding carboxylic acids is 1. The number of benzene rings is 1. The molecule has 1 fully saturated rings. The molecule has 3 heterocycles. The Bertz CT molecular complexity index is 951. The number of amides is 1. The second-order valence-electron chi connectivity index (χ2n) is 7.12. The third-order valence-corrected chi connectivity index (χ3v) is 5.01. The number of likely N-dealkylation sites (tertiary alicyclic amines) is 1. The standard InChI is InChI=1S/C21H24N6O2/c1-26-19(6-11-24-26)25-20(28)17-5-2-4-16(14-17)15-27-12-7-18(8-13-27)29-21-22-9-3-10-23-21/h2-6,9-11,14,18H,7-8,12-13,15H2,1H3,(H,25,28). The normalized spacial score (nSPS) is 15.2. The molecule has 1 aliphatic heterocycles. The monoisotopic (exact) mass is 392 g/mol. The Labute approximate surface area is 169 Å². The fourth-order valence-electron chi connectivity index (χ4n) is 3.43. The Morgan fingerprint density at radius 2 is 1.93 bits per heavy atom. The van der Waals surface area contributed by atoms with Crippen molar-refractivity contribution in [1.82, 2.24) is 24.6 Å². The van der Waals surface area contributed by atoms with E-state index in [2.05, 4.69) is 31.3 Å². The molecule has 1 saturated heterocycles. The number of aromatic nitrogens is 4. The number of nitrogens with zero attached hydrogens (tertiary/aromatic N) is 5. The molecule has 0 aliphatic carbocycles. The molecule has 0 atom stereocenters. The summed E-state index contributed by atoms with van der Waals surface area (Å²) in [5.41, 5.74) is 1.76. The van der Waals surface area contributed by atoms with Gasteiger partial charge in [0.1, 0.15) is 11.9 Å². The zero-order valence-electron chi connectivity index (χ0n) is 16.4. The maximum Gasteiger partial charge on any atom is 0.316 e. The minimum Gasteiger partial charge on any atom is -0.460 e. The van der Waals surface area contributed by atoms with Gasteiger partial charge in [-0.15, -0.1) is 0 Å². The molecule has 0 bridgehead atoms. The fourth-order valence-corrected chi connectivity index (χ4v) is 3.43. The van der Waals surface area contributed by atoms with Crippen molar-refractivity contribution in [3.63, 3.8) is 0 Å². The summed E-state index contributed by atoms with van der Waals surface area (Å²) in [6.07, 6.45) is 7.04. The van der Waals surface area contributed by atoms with Crippen LogP contribution < -0.4 is 10.1 Å². The van der Waals surface area contributed by atoms with Gasteiger partial charge in [0.2, 0.25) is 0 Å². The van der Waals surface area contributed by atoms with E-state index in [1.165, 1.54) is 0 Å². The zero-order valence-corrected chi connectivity index (χ0v) is 16.4. The molecule has 0 radical (unpaired) electrons. The molecule has 29 heavy (non-hydrogen) atoms. The number of hydrogen-bond acceptors (Lipinski definition) is 6. The van der Waals surface area contributed by atoms with Gasteiger partial charge in [-0.3, -0.25) is 14.4 Å². The van der Waals surface area contributed by atoms with Crippen molar-refractivity contribution >= 4 is 11.7 Å². The SMILES string of the molecule is Cn1nccc1NC(=O)c1cccc(CN2CCC(Oc3ncccn3)CC2)c1. The predicted molar refractivity (Wildman–Crippen MR) is 109 cm³/mol. The molecule has 0 unspecified atom stereocenters. The van der Waals surface area contributed by atoms with Crippen molar-refractivity contribution in [1.29, 1.82) is 0 Å². The molecule has 2 aromatic heterocycles. The summed E-state index contributed by atoms with van der Waals surface area (Å²) >= 11 is 0. The number of anilines is 1. The number of piperidine rings is 1. The maximum absolute atomic E-state index is 12.5. The van der Waals surface area contributed by atoms with Gasteiger partial charge in [-0.2, -0.15) is 5.10 Å². The topological polar surface area (TPSA) is 85.2 Å². The summed E-state index contributed by atoms with van der Waals surface area (Å²) in [4.78, 5) is 23.2. The number of aryl methyl sites for hydroxylation is 1. The first-order chi connectivity index (χ1) is 14.2. The van der Waals surface area contributed by atoms with Crippen molar-refractivity contribution in [3.8, 4) is 6.01 Å². The molecular weight excluding hydrogens is 368 g/mol.